The summed E-state index contributed by atoms with van der Waals surface area (Å²) in [5, 5.41) is 8.20. The van der Waals surface area contributed by atoms with E-state index in [4.69, 9.17) is 5.26 Å². The molecule has 0 N–H and O–H groups in total. The highest BCUT2D eigenvalue weighted by Gasteiger charge is 2.06. The summed E-state index contributed by atoms with van der Waals surface area (Å²) in [6.45, 7) is 0. The van der Waals surface area contributed by atoms with E-state index in [1.807, 2.05) is 0 Å². The Morgan fingerprint density at radius 3 is 3.09 bits per heavy atom. The van der Waals surface area contributed by atoms with Gasteiger partial charge in [0.25, 0.3) is 0 Å². The van der Waals surface area contributed by atoms with Crippen LogP contribution in [0.5, 0.6) is 0 Å². The van der Waals surface area contributed by atoms with E-state index in [2.05, 4.69) is 4.98 Å². The highest BCUT2D eigenvalue weighted by molar-refractivity contribution is 5.95. The van der Waals surface area contributed by atoms with Gasteiger partial charge in [0.2, 0.25) is 0 Å². The lowest BCUT2D eigenvalue weighted by Gasteiger charge is -1.85. The van der Waals surface area contributed by atoms with Crippen molar-refractivity contribution in [2.75, 3.05) is 0 Å². The molecule has 0 aliphatic carbocycles. The summed E-state index contributed by atoms with van der Waals surface area (Å²) < 4.78 is 1.67. The van der Waals surface area contributed by atoms with Crippen molar-refractivity contribution in [3.63, 3.8) is 0 Å². The first-order chi connectivity index (χ1) is 5.24. The highest BCUT2D eigenvalue weighted by atomic mass is 16.1. The van der Waals surface area contributed by atoms with Crippen molar-refractivity contribution < 1.29 is 4.79 Å². The van der Waals surface area contributed by atoms with Crippen molar-refractivity contribution in [3.8, 4) is 6.07 Å². The third kappa shape index (κ3) is 1.64. The second kappa shape index (κ2) is 2.97. The Bertz CT molecular complexity index is 308. The number of carbonyl (C=O) groups is 1. The predicted molar refractivity (Wildman–Crippen MR) is 37.8 cm³/mol. The van der Waals surface area contributed by atoms with Gasteiger partial charge in [-0.15, -0.1) is 0 Å². The lowest BCUT2D eigenvalue weighted by Crippen LogP contribution is -1.96. The first-order valence-electron chi connectivity index (χ1n) is 3.12. The Balaban J connectivity index is 2.78. The molecule has 0 fully saturated rings. The number of carbonyl (C=O) groups excluding carboxylic acids is 1. The van der Waals surface area contributed by atoms with Gasteiger partial charge in [-0.3, -0.25) is 4.79 Å². The van der Waals surface area contributed by atoms with Gasteiger partial charge in [-0.2, -0.15) is 5.26 Å². The van der Waals surface area contributed by atoms with Crippen LogP contribution in [0.3, 0.4) is 0 Å². The van der Waals surface area contributed by atoms with Crippen molar-refractivity contribution in [2.24, 2.45) is 7.05 Å². The SMILES string of the molecule is Cn1cnc(C(=O)CC#N)c1. The zero-order chi connectivity index (χ0) is 8.27. The molecule has 0 aliphatic heterocycles. The number of aryl methyl sites for hydroxylation is 1. The second-order valence-electron chi connectivity index (χ2n) is 2.18. The molecular weight excluding hydrogens is 142 g/mol. The highest BCUT2D eigenvalue weighted by Crippen LogP contribution is 1.97. The maximum absolute atomic E-state index is 11.0. The number of aromatic nitrogens is 2. The van der Waals surface area contributed by atoms with Crippen LogP contribution in [0.4, 0.5) is 0 Å². The van der Waals surface area contributed by atoms with Crippen LogP contribution < -0.4 is 0 Å². The number of hydrogen-bond donors (Lipinski definition) is 0. The first-order valence-corrected chi connectivity index (χ1v) is 3.12. The quantitative estimate of drug-likeness (QED) is 0.576. The Morgan fingerprint density at radius 2 is 2.64 bits per heavy atom. The molecule has 0 aliphatic rings. The van der Waals surface area contributed by atoms with Crippen LogP contribution in [0.1, 0.15) is 16.9 Å². The van der Waals surface area contributed by atoms with Gasteiger partial charge in [-0.1, -0.05) is 0 Å². The number of ketones is 1. The minimum absolute atomic E-state index is 0.100. The summed E-state index contributed by atoms with van der Waals surface area (Å²) in [5.41, 5.74) is 0.356. The van der Waals surface area contributed by atoms with Crippen LogP contribution >= 0.6 is 0 Å². The summed E-state index contributed by atoms with van der Waals surface area (Å²) in [4.78, 5) is 14.8. The summed E-state index contributed by atoms with van der Waals surface area (Å²) in [5.74, 6) is -0.229. The van der Waals surface area contributed by atoms with Gasteiger partial charge in [-0.25, -0.2) is 4.98 Å². The molecule has 1 aromatic heterocycles. The maximum Gasteiger partial charge on any atom is 0.196 e. The van der Waals surface area contributed by atoms with Crippen molar-refractivity contribution in [1.29, 1.82) is 5.26 Å². The first kappa shape index (κ1) is 7.48. The lowest BCUT2D eigenvalue weighted by atomic mass is 10.2. The van der Waals surface area contributed by atoms with E-state index in [1.54, 1.807) is 23.9 Å². The molecule has 0 spiro atoms. The molecule has 1 heterocycles. The standard InChI is InChI=1S/C7H7N3O/c1-10-4-6(9-5-10)7(11)2-3-8/h4-5H,2H2,1H3. The Morgan fingerprint density at radius 1 is 1.91 bits per heavy atom. The van der Waals surface area contributed by atoms with Crippen LogP contribution in [0.25, 0.3) is 0 Å². The molecule has 0 saturated heterocycles. The largest absolute Gasteiger partial charge is 0.340 e. The maximum atomic E-state index is 11.0. The fourth-order valence-electron chi connectivity index (χ4n) is 0.719. The molecule has 0 unspecified atom stereocenters. The molecule has 0 atom stereocenters. The van der Waals surface area contributed by atoms with Crippen LogP contribution in [0.2, 0.25) is 0 Å². The van der Waals surface area contributed by atoms with Crippen LogP contribution in [-0.2, 0) is 7.05 Å². The lowest BCUT2D eigenvalue weighted by molar-refractivity contribution is 0.0993. The van der Waals surface area contributed by atoms with Gasteiger partial charge in [0.1, 0.15) is 12.1 Å². The zero-order valence-corrected chi connectivity index (χ0v) is 6.11. The third-order valence-electron chi connectivity index (χ3n) is 1.23. The van der Waals surface area contributed by atoms with Gasteiger partial charge >= 0.3 is 0 Å². The molecular formula is C7H7N3O. The van der Waals surface area contributed by atoms with E-state index in [1.165, 1.54) is 6.33 Å². The van der Waals surface area contributed by atoms with E-state index < -0.39 is 0 Å². The third-order valence-corrected chi connectivity index (χ3v) is 1.23. The Labute approximate surface area is 64.1 Å². The Hall–Kier alpha value is -1.63. The van der Waals surface area contributed by atoms with Gasteiger partial charge < -0.3 is 4.57 Å². The van der Waals surface area contributed by atoms with E-state index in [0.717, 1.165) is 0 Å². The zero-order valence-electron chi connectivity index (χ0n) is 6.11. The van der Waals surface area contributed by atoms with Crippen LogP contribution in [0.15, 0.2) is 12.5 Å². The monoisotopic (exact) mass is 149 g/mol. The average Bonchev–Trinajstić information content (AvgIpc) is 2.36. The topological polar surface area (TPSA) is 58.7 Å². The smallest absolute Gasteiger partial charge is 0.196 e. The molecule has 0 aromatic carbocycles. The van der Waals surface area contributed by atoms with Gasteiger partial charge in [0.05, 0.1) is 12.4 Å². The van der Waals surface area contributed by atoms with Crippen LogP contribution in [0, 0.1) is 11.3 Å². The fourth-order valence-corrected chi connectivity index (χ4v) is 0.719. The van der Waals surface area contributed by atoms with Crippen molar-refractivity contribution in [1.82, 2.24) is 9.55 Å². The number of nitrogens with zero attached hydrogens (tertiary/aromatic N) is 3. The van der Waals surface area contributed by atoms with Crippen LogP contribution in [-0.4, -0.2) is 15.3 Å². The summed E-state index contributed by atoms with van der Waals surface area (Å²) in [6.07, 6.45) is 3.03. The molecule has 4 heteroatoms. The number of nitriles is 1. The van der Waals surface area contributed by atoms with Crippen molar-refractivity contribution >= 4 is 5.78 Å². The van der Waals surface area contributed by atoms with Crippen molar-refractivity contribution in [3.05, 3.63) is 18.2 Å². The number of hydrogen-bond acceptors (Lipinski definition) is 3. The number of Topliss-reactive ketones (excluding diaryl/α,β-unsaturated/α-hetero) is 1. The number of rotatable bonds is 2. The summed E-state index contributed by atoms with van der Waals surface area (Å²) in [7, 11) is 1.77. The summed E-state index contributed by atoms with van der Waals surface area (Å²) in [6, 6.07) is 1.78. The van der Waals surface area contributed by atoms with Gasteiger partial charge in [-0.05, 0) is 0 Å². The molecule has 0 saturated carbocycles. The molecule has 0 bridgehead atoms. The average molecular weight is 149 g/mol. The molecule has 11 heavy (non-hydrogen) atoms. The summed E-state index contributed by atoms with van der Waals surface area (Å²) >= 11 is 0. The van der Waals surface area contributed by atoms with Crippen molar-refractivity contribution in [2.45, 2.75) is 6.42 Å². The van der Waals surface area contributed by atoms with Gasteiger partial charge in [0.15, 0.2) is 5.78 Å². The minimum atomic E-state index is -0.229. The normalized spacial score (nSPS) is 9.09. The molecule has 4 nitrogen and oxygen atoms in total. The fraction of sp³-hybridized carbons (Fsp3) is 0.286. The number of imidazole rings is 1. The molecule has 0 radical (unpaired) electrons. The Kier molecular flexibility index (Phi) is 2.02. The second-order valence-corrected chi connectivity index (χ2v) is 2.18. The van der Waals surface area contributed by atoms with E-state index in [-0.39, 0.29) is 12.2 Å². The molecule has 1 aromatic rings. The van der Waals surface area contributed by atoms with E-state index >= 15 is 0 Å². The van der Waals surface area contributed by atoms with Gasteiger partial charge in [0, 0.05) is 13.2 Å². The predicted octanol–water partition coefficient (Wildman–Crippen LogP) is 0.516. The molecule has 0 amide bonds. The minimum Gasteiger partial charge on any atom is -0.340 e. The molecule has 1 rings (SSSR count). The van der Waals surface area contributed by atoms with E-state index in [9.17, 15) is 4.79 Å². The molecule has 56 valence electrons. The van der Waals surface area contributed by atoms with E-state index in [0.29, 0.717) is 5.69 Å².